The fourth-order valence-electron chi connectivity index (χ4n) is 2.37. The predicted octanol–water partition coefficient (Wildman–Crippen LogP) is 2.57. The zero-order valence-electron chi connectivity index (χ0n) is 25.2. The normalized spacial score (nSPS) is 19.4. The number of nitrogens with one attached hydrogen (secondary N) is 2. The number of alkyl carbamates (subject to hydrolysis) is 1. The number of likely N-dealkylation sites (N-methyl/N-ethyl adjacent to an activating group) is 1. The van der Waals surface area contributed by atoms with Crippen LogP contribution in [-0.2, 0) is 20.7 Å². The Labute approximate surface area is 185 Å². The van der Waals surface area contributed by atoms with Crippen molar-refractivity contribution in [3.8, 4) is 0 Å². The van der Waals surface area contributed by atoms with Crippen LogP contribution >= 0.6 is 0 Å². The molecular weight excluding hydrogens is 370 g/mol. The fraction of sp³-hybridized carbons (Fsp3) is 0.591. The molecule has 0 heterocycles. The van der Waals surface area contributed by atoms with Crippen molar-refractivity contribution in [2.24, 2.45) is 11.7 Å². The van der Waals surface area contributed by atoms with Gasteiger partial charge in [-0.25, -0.2) is 4.79 Å². The number of carbonyl (C=O) groups is 3. The van der Waals surface area contributed by atoms with E-state index in [1.165, 1.54) is 20.8 Å². The first kappa shape index (κ1) is 14.6. The summed E-state index contributed by atoms with van der Waals surface area (Å²) in [4.78, 5) is 37.2. The maximum atomic E-state index is 13.1. The zero-order valence-corrected chi connectivity index (χ0v) is 17.2. The molecule has 0 fully saturated rings. The average Bonchev–Trinajstić information content (AvgIpc) is 2.71. The molecule has 2 atom stereocenters. The Morgan fingerprint density at radius 2 is 1.83 bits per heavy atom. The van der Waals surface area contributed by atoms with E-state index in [9.17, 15) is 14.4 Å². The van der Waals surface area contributed by atoms with Crippen molar-refractivity contribution in [1.82, 2.24) is 10.6 Å². The Hall–Kier alpha value is -2.41. The maximum absolute atomic E-state index is 13.1. The second-order valence-electron chi connectivity index (χ2n) is 7.33. The summed E-state index contributed by atoms with van der Waals surface area (Å²) in [5.74, 6) is -2.85. The Kier molecular flexibility index (Phi) is 6.13. The summed E-state index contributed by atoms with van der Waals surface area (Å²) >= 11 is 0. The lowest BCUT2D eigenvalue weighted by Crippen LogP contribution is -2.38. The van der Waals surface area contributed by atoms with Crippen molar-refractivity contribution in [3.63, 3.8) is 0 Å². The van der Waals surface area contributed by atoms with Crippen molar-refractivity contribution in [3.05, 3.63) is 35.9 Å². The largest absolute Gasteiger partial charge is 0.444 e. The van der Waals surface area contributed by atoms with E-state index in [1.807, 2.05) is 0 Å². The van der Waals surface area contributed by atoms with Gasteiger partial charge < -0.3 is 21.1 Å². The first-order valence-electron chi connectivity index (χ1n) is 13.1. The highest BCUT2D eigenvalue weighted by Crippen LogP contribution is 2.15. The summed E-state index contributed by atoms with van der Waals surface area (Å²) in [6.45, 7) is 0.982. The van der Waals surface area contributed by atoms with Crippen LogP contribution in [0.2, 0.25) is 0 Å². The molecule has 162 valence electrons. The summed E-state index contributed by atoms with van der Waals surface area (Å²) in [6.07, 6.45) is -12.6. The minimum absolute atomic E-state index is 0.0669. The molecule has 0 saturated heterocycles. The molecule has 0 bridgehead atoms. The number of hydrogen-bond donors (Lipinski definition) is 3. The van der Waals surface area contributed by atoms with Crippen LogP contribution in [-0.4, -0.2) is 43.0 Å². The molecular formula is C22H35N3O4. The Morgan fingerprint density at radius 3 is 2.38 bits per heavy atom. The standard InChI is InChI=1S/C22H35N3O4/c1-22(2,3)29-21(28)25-13-9-8-12-18(24-4)19(26)15-17(20(23)27)14-16-10-6-5-7-11-16/h5-7,10-11,17-18,24H,8-9,12-15H2,1-4H3,(H2,23,27)(H,25,28)/t17-,18+/m1/s1/i8D2,9D2,12D2,13D2. The van der Waals surface area contributed by atoms with Gasteiger partial charge in [0.15, 0.2) is 5.78 Å². The topological polar surface area (TPSA) is 111 Å². The molecule has 0 radical (unpaired) electrons. The number of ether oxygens (including phenoxy) is 1. The van der Waals surface area contributed by atoms with E-state index in [0.29, 0.717) is 5.56 Å². The number of ketones is 1. The highest BCUT2D eigenvalue weighted by Gasteiger charge is 2.24. The average molecular weight is 414 g/mol. The minimum Gasteiger partial charge on any atom is -0.444 e. The van der Waals surface area contributed by atoms with E-state index in [1.54, 1.807) is 35.6 Å². The number of benzene rings is 1. The van der Waals surface area contributed by atoms with Gasteiger partial charge in [0.05, 0.1) is 6.04 Å². The smallest absolute Gasteiger partial charge is 0.407 e. The second kappa shape index (κ2) is 12.2. The Morgan fingerprint density at radius 1 is 1.17 bits per heavy atom. The zero-order chi connectivity index (χ0) is 29.0. The minimum atomic E-state index is -3.71. The molecule has 0 aliphatic rings. The number of amides is 2. The molecule has 0 spiro atoms. The highest BCUT2D eigenvalue weighted by atomic mass is 16.6. The predicted molar refractivity (Wildman–Crippen MR) is 113 cm³/mol. The van der Waals surface area contributed by atoms with Gasteiger partial charge in [0, 0.05) is 29.8 Å². The van der Waals surface area contributed by atoms with E-state index in [2.05, 4.69) is 5.32 Å². The van der Waals surface area contributed by atoms with Crippen LogP contribution in [0.1, 0.15) is 62.8 Å². The van der Waals surface area contributed by atoms with Crippen LogP contribution in [0.3, 0.4) is 0 Å². The third kappa shape index (κ3) is 10.6. The summed E-state index contributed by atoms with van der Waals surface area (Å²) in [7, 11) is 1.15. The van der Waals surface area contributed by atoms with Crippen LogP contribution in [0, 0.1) is 5.92 Å². The Balaban J connectivity index is 3.25. The van der Waals surface area contributed by atoms with Gasteiger partial charge in [-0.05, 0) is 58.9 Å². The lowest BCUT2D eigenvalue weighted by Gasteiger charge is -2.20. The Bertz CT molecular complexity index is 968. The van der Waals surface area contributed by atoms with Gasteiger partial charge in [-0.1, -0.05) is 30.3 Å². The highest BCUT2D eigenvalue weighted by molar-refractivity contribution is 5.89. The van der Waals surface area contributed by atoms with E-state index in [-0.39, 0.29) is 6.42 Å². The van der Waals surface area contributed by atoms with Crippen LogP contribution < -0.4 is 16.4 Å². The summed E-state index contributed by atoms with van der Waals surface area (Å²) in [5.41, 5.74) is 5.07. The molecule has 0 unspecified atom stereocenters. The van der Waals surface area contributed by atoms with Crippen molar-refractivity contribution in [1.29, 1.82) is 0 Å². The lowest BCUT2D eigenvalue weighted by atomic mass is 9.90. The lowest BCUT2D eigenvalue weighted by molar-refractivity contribution is -0.128. The van der Waals surface area contributed by atoms with Crippen LogP contribution in [0.4, 0.5) is 4.79 Å². The van der Waals surface area contributed by atoms with Gasteiger partial charge in [0.2, 0.25) is 5.91 Å². The second-order valence-corrected chi connectivity index (χ2v) is 7.33. The summed E-state index contributed by atoms with van der Waals surface area (Å²) < 4.78 is 70.6. The van der Waals surface area contributed by atoms with Gasteiger partial charge in [-0.3, -0.25) is 9.59 Å². The van der Waals surface area contributed by atoms with E-state index >= 15 is 0 Å². The van der Waals surface area contributed by atoms with E-state index < -0.39 is 67.4 Å². The van der Waals surface area contributed by atoms with Crippen LogP contribution in [0.25, 0.3) is 0 Å². The number of rotatable bonds is 12. The SMILES string of the molecule is [2H]C([2H])(NC(=O)OC(C)(C)C)C([2H])([2H])C([2H])([2H])C([2H])([2H])[C@H](NC)C(=O)C[C@@H](Cc1ccccc1)C(N)=O. The number of hydrogen-bond acceptors (Lipinski definition) is 5. The molecule has 2 amide bonds. The van der Waals surface area contributed by atoms with Crippen molar-refractivity contribution in [2.45, 2.75) is 64.4 Å². The molecule has 1 aromatic carbocycles. The first-order chi connectivity index (χ1) is 16.6. The maximum Gasteiger partial charge on any atom is 0.407 e. The molecule has 0 aromatic heterocycles. The van der Waals surface area contributed by atoms with Gasteiger partial charge in [0.1, 0.15) is 5.60 Å². The van der Waals surface area contributed by atoms with Gasteiger partial charge in [-0.2, -0.15) is 0 Å². The number of carbonyl (C=O) groups excluding carboxylic acids is 3. The molecule has 7 nitrogen and oxygen atoms in total. The van der Waals surface area contributed by atoms with E-state index in [0.717, 1.165) is 7.05 Å². The molecule has 1 rings (SSSR count). The third-order valence-electron chi connectivity index (χ3n) is 3.69. The molecule has 0 aliphatic heterocycles. The monoisotopic (exact) mass is 413 g/mol. The molecule has 1 aromatic rings. The van der Waals surface area contributed by atoms with Gasteiger partial charge in [-0.15, -0.1) is 0 Å². The van der Waals surface area contributed by atoms with Crippen molar-refractivity contribution < 1.29 is 30.1 Å². The molecule has 0 aliphatic carbocycles. The number of primary amides is 1. The number of Topliss-reactive ketones (excluding diaryl/α,β-unsaturated/α-hetero) is 1. The van der Waals surface area contributed by atoms with Gasteiger partial charge in [0.25, 0.3) is 0 Å². The van der Waals surface area contributed by atoms with E-state index in [4.69, 9.17) is 21.4 Å². The molecule has 29 heavy (non-hydrogen) atoms. The van der Waals surface area contributed by atoms with Crippen LogP contribution in [0.5, 0.6) is 0 Å². The quantitative estimate of drug-likeness (QED) is 0.488. The van der Waals surface area contributed by atoms with Crippen molar-refractivity contribution in [2.75, 3.05) is 13.5 Å². The van der Waals surface area contributed by atoms with Gasteiger partial charge >= 0.3 is 6.09 Å². The fourth-order valence-corrected chi connectivity index (χ4v) is 2.37. The summed E-state index contributed by atoms with van der Waals surface area (Å²) in [6, 6.07) is 6.63. The van der Waals surface area contributed by atoms with Crippen molar-refractivity contribution >= 4 is 17.8 Å². The number of nitrogens with two attached hydrogens (primary N) is 1. The summed E-state index contributed by atoms with van der Waals surface area (Å²) in [5, 5.41) is 3.95. The first-order valence-corrected chi connectivity index (χ1v) is 9.15. The molecule has 4 N–H and O–H groups in total. The van der Waals surface area contributed by atoms with Crippen LogP contribution in [0.15, 0.2) is 30.3 Å². The third-order valence-corrected chi connectivity index (χ3v) is 3.69. The molecule has 0 saturated carbocycles. The molecule has 7 heteroatoms.